The maximum atomic E-state index is 8.25. The molecule has 0 rings (SSSR count). The van der Waals surface area contributed by atoms with Gasteiger partial charge in [-0.1, -0.05) is 0 Å². The molecule has 0 amide bonds. The van der Waals surface area contributed by atoms with Crippen LogP contribution in [-0.4, -0.2) is 30.5 Å². The molecule has 0 aliphatic heterocycles. The van der Waals surface area contributed by atoms with Crippen molar-refractivity contribution in [1.82, 2.24) is 0 Å². The van der Waals surface area contributed by atoms with E-state index in [2.05, 4.69) is 22.9 Å². The van der Waals surface area contributed by atoms with Crippen molar-refractivity contribution in [2.24, 2.45) is 0 Å². The fraction of sp³-hybridized carbons (Fsp3) is 0.500. The van der Waals surface area contributed by atoms with E-state index in [0.29, 0.717) is 0 Å². The first-order valence-corrected chi connectivity index (χ1v) is 2.22. The van der Waals surface area contributed by atoms with Crippen molar-refractivity contribution in [1.29, 1.82) is 0 Å². The maximum absolute atomic E-state index is 8.25. The second kappa shape index (κ2) is 117. The maximum Gasteiger partial charge on any atom is -0.153 e. The Balaban J connectivity index is -0.0000000360. The molecule has 0 saturated heterocycles. The van der Waals surface area contributed by atoms with Crippen molar-refractivity contribution in [2.75, 3.05) is 14.2 Å². The van der Waals surface area contributed by atoms with Gasteiger partial charge in [0.25, 0.3) is 0 Å². The smallest absolute Gasteiger partial charge is 0.153 e. The average molecular weight is 116 g/mol. The molecular formula is C4H9AlO2. The van der Waals surface area contributed by atoms with E-state index in [1.54, 1.807) is 4.94 Å². The van der Waals surface area contributed by atoms with Gasteiger partial charge < -0.3 is 10.2 Å². The summed E-state index contributed by atoms with van der Waals surface area (Å²) in [5.41, 5.74) is 0. The van der Waals surface area contributed by atoms with E-state index in [4.69, 9.17) is 10.2 Å². The van der Waals surface area contributed by atoms with Crippen LogP contribution in [-0.2, 0) is 0 Å². The van der Waals surface area contributed by atoms with Crippen LogP contribution in [0.5, 0.6) is 0 Å². The Kier molecular flexibility index (Phi) is 263. The van der Waals surface area contributed by atoms with Gasteiger partial charge in [-0.05, 0) is 0 Å². The molecule has 0 atom stereocenters. The van der Waals surface area contributed by atoms with Crippen LogP contribution in [0.2, 0.25) is 0 Å². The topological polar surface area (TPSA) is 46.1 Å². The summed E-state index contributed by atoms with van der Waals surface area (Å²) in [7, 11) is 1.50. The molecule has 0 spiro atoms. The standard InChI is InChI=1S/C2H3.2CH3O.Al/c3*1-2;/h1H,2H2;2*1H3;/q;2*-1;+2. The van der Waals surface area contributed by atoms with E-state index in [0.717, 1.165) is 14.2 Å². The van der Waals surface area contributed by atoms with E-state index in [1.807, 2.05) is 0 Å². The Bertz CT molecular complexity index is 17.2. The average Bonchev–Trinajstić information content (AvgIpc) is 1.78. The molecule has 0 unspecified atom stereocenters. The molecular weight excluding hydrogens is 107 g/mol. The van der Waals surface area contributed by atoms with Gasteiger partial charge in [-0.2, -0.15) is 14.2 Å². The Morgan fingerprint density at radius 1 is 1.29 bits per heavy atom. The summed E-state index contributed by atoms with van der Waals surface area (Å²) >= 11 is 2.34. The van der Waals surface area contributed by atoms with Gasteiger partial charge >= 0.3 is 27.8 Å². The van der Waals surface area contributed by atoms with E-state index in [-0.39, 0.29) is 0 Å². The van der Waals surface area contributed by atoms with E-state index >= 15 is 0 Å². The van der Waals surface area contributed by atoms with Crippen LogP contribution in [0.25, 0.3) is 0 Å². The van der Waals surface area contributed by atoms with Gasteiger partial charge in [0.1, 0.15) is 0 Å². The molecule has 40 valence electrons. The van der Waals surface area contributed by atoms with Crippen molar-refractivity contribution >= 4 is 16.3 Å². The van der Waals surface area contributed by atoms with Crippen LogP contribution in [0.1, 0.15) is 0 Å². The van der Waals surface area contributed by atoms with Gasteiger partial charge in [0.2, 0.25) is 0 Å². The molecule has 0 saturated carbocycles. The largest absolute Gasteiger partial charge is 0.857 e. The van der Waals surface area contributed by atoms with Crippen molar-refractivity contribution in [3.8, 4) is 0 Å². The normalized spacial score (nSPS) is 3.71. The summed E-state index contributed by atoms with van der Waals surface area (Å²) in [6, 6.07) is 0. The van der Waals surface area contributed by atoms with Crippen LogP contribution < -0.4 is 10.2 Å². The molecule has 0 aromatic heterocycles. The molecule has 0 bridgehead atoms. The minimum atomic E-state index is 0.750. The molecule has 0 heterocycles. The zero-order chi connectivity index (χ0) is 6.71. The van der Waals surface area contributed by atoms with Crippen molar-refractivity contribution < 1.29 is 10.2 Å². The van der Waals surface area contributed by atoms with Crippen molar-refractivity contribution in [2.45, 2.75) is 0 Å². The Hall–Kier alpha value is 0.192. The molecule has 7 heavy (non-hydrogen) atoms. The predicted octanol–water partition coefficient (Wildman–Crippen LogP) is -1.75. The Morgan fingerprint density at radius 2 is 1.29 bits per heavy atom. The minimum Gasteiger partial charge on any atom is -0.857 e. The first-order chi connectivity index (χ1) is 3.41. The third-order valence-electron chi connectivity index (χ3n) is 0. The first-order valence-electron chi connectivity index (χ1n) is 1.56. The first kappa shape index (κ1) is 15.7. The summed E-state index contributed by atoms with van der Waals surface area (Å²) in [4.78, 5) is 1.67. The van der Waals surface area contributed by atoms with Gasteiger partial charge in [0.05, 0.1) is 0 Å². The fourth-order valence-corrected chi connectivity index (χ4v) is 0. The van der Waals surface area contributed by atoms with E-state index in [1.165, 1.54) is 0 Å². The van der Waals surface area contributed by atoms with Gasteiger partial charge in [-0.3, -0.25) is 0 Å². The van der Waals surface area contributed by atoms with Crippen LogP contribution in [0.4, 0.5) is 0 Å². The van der Waals surface area contributed by atoms with Crippen molar-refractivity contribution in [3.63, 3.8) is 0 Å². The van der Waals surface area contributed by atoms with Crippen LogP contribution in [0, 0.1) is 0 Å². The van der Waals surface area contributed by atoms with Gasteiger partial charge in [-0.15, -0.1) is 0 Å². The molecule has 0 radical (unpaired) electrons. The van der Waals surface area contributed by atoms with Gasteiger partial charge in [-0.25, -0.2) is 0 Å². The fourth-order valence-electron chi connectivity index (χ4n) is 0. The summed E-state index contributed by atoms with van der Waals surface area (Å²) in [6.45, 7) is 3.32. The quantitative estimate of drug-likeness (QED) is 0.352. The van der Waals surface area contributed by atoms with Gasteiger partial charge in [0, 0.05) is 0 Å². The molecule has 3 heteroatoms. The van der Waals surface area contributed by atoms with Crippen LogP contribution in [0.15, 0.2) is 11.5 Å². The minimum absolute atomic E-state index is 0.750. The number of hydrogen-bond donors (Lipinski definition) is 0. The van der Waals surface area contributed by atoms with Crippen LogP contribution in [0.3, 0.4) is 0 Å². The summed E-state index contributed by atoms with van der Waals surface area (Å²) in [5, 5.41) is 16.5. The van der Waals surface area contributed by atoms with E-state index < -0.39 is 0 Å². The monoisotopic (exact) mass is 116 g/mol. The Morgan fingerprint density at radius 3 is 1.29 bits per heavy atom. The second-order valence-electron chi connectivity index (χ2n) is 0.236. The number of rotatable bonds is 0. The second-order valence-corrected chi connectivity index (χ2v) is 0.707. The Labute approximate surface area is 52.9 Å². The predicted molar refractivity (Wildman–Crippen MR) is 27.8 cm³/mol. The number of hydrogen-bond acceptors (Lipinski definition) is 2. The molecule has 0 aliphatic rings. The molecule has 0 N–H and O–H groups in total. The molecule has 0 fully saturated rings. The third-order valence-corrected chi connectivity index (χ3v) is 0. The molecule has 0 aliphatic carbocycles. The molecule has 0 aromatic rings. The summed E-state index contributed by atoms with van der Waals surface area (Å²) in [5.74, 6) is 0. The van der Waals surface area contributed by atoms with Crippen molar-refractivity contribution in [3.05, 3.63) is 11.5 Å². The zero-order valence-corrected chi connectivity index (χ0v) is 5.83. The molecule has 0 aromatic carbocycles. The molecule has 2 nitrogen and oxygen atoms in total. The van der Waals surface area contributed by atoms with Crippen LogP contribution >= 0.6 is 0 Å². The summed E-state index contributed by atoms with van der Waals surface area (Å²) in [6.07, 6.45) is 0. The summed E-state index contributed by atoms with van der Waals surface area (Å²) < 4.78 is 0. The SMILES string of the molecule is C=[CH][Al+2].C[O-].C[O-]. The zero-order valence-electron chi connectivity index (χ0n) is 4.68. The van der Waals surface area contributed by atoms with Gasteiger partial charge in [0.15, 0.2) is 0 Å². The third kappa shape index (κ3) is 2940. The van der Waals surface area contributed by atoms with E-state index in [9.17, 15) is 0 Å².